The number of nitrogens with one attached hydrogen (secondary N) is 2. The summed E-state index contributed by atoms with van der Waals surface area (Å²) in [5, 5.41) is 5.84. The molecule has 132 valence electrons. The van der Waals surface area contributed by atoms with E-state index >= 15 is 0 Å². The summed E-state index contributed by atoms with van der Waals surface area (Å²) in [7, 11) is 2.03. The molecular formula is C18H28N4O2. The summed E-state index contributed by atoms with van der Waals surface area (Å²) in [5.41, 5.74) is 3.18. The highest BCUT2D eigenvalue weighted by molar-refractivity contribution is 5.76. The minimum Gasteiger partial charge on any atom is -0.355 e. The SMILES string of the molecule is CC(=O)NC[C@H]1CC[C@@H](CC(=O)NCc2cnc(C)c(C)c2)N1C. The molecule has 2 heterocycles. The topological polar surface area (TPSA) is 74.3 Å². The molecule has 2 atom stereocenters. The second-order valence-electron chi connectivity index (χ2n) is 6.71. The highest BCUT2D eigenvalue weighted by atomic mass is 16.2. The van der Waals surface area contributed by atoms with Gasteiger partial charge in [0.15, 0.2) is 0 Å². The van der Waals surface area contributed by atoms with E-state index in [1.165, 1.54) is 6.92 Å². The largest absolute Gasteiger partial charge is 0.355 e. The summed E-state index contributed by atoms with van der Waals surface area (Å²) >= 11 is 0. The van der Waals surface area contributed by atoms with Crippen LogP contribution in [-0.4, -0.2) is 47.4 Å². The van der Waals surface area contributed by atoms with Gasteiger partial charge in [-0.25, -0.2) is 0 Å². The van der Waals surface area contributed by atoms with Crippen LogP contribution in [0.4, 0.5) is 0 Å². The highest BCUT2D eigenvalue weighted by Gasteiger charge is 2.31. The molecule has 2 N–H and O–H groups in total. The molecule has 2 rings (SSSR count). The van der Waals surface area contributed by atoms with E-state index in [9.17, 15) is 9.59 Å². The number of hydrogen-bond donors (Lipinski definition) is 2. The third-order valence-electron chi connectivity index (χ3n) is 4.88. The monoisotopic (exact) mass is 332 g/mol. The summed E-state index contributed by atoms with van der Waals surface area (Å²) in [6, 6.07) is 2.62. The molecule has 1 fully saturated rings. The van der Waals surface area contributed by atoms with E-state index in [2.05, 4.69) is 26.6 Å². The fraction of sp³-hybridized carbons (Fsp3) is 0.611. The number of aryl methyl sites for hydroxylation is 2. The first-order valence-electron chi connectivity index (χ1n) is 8.52. The molecule has 0 saturated carbocycles. The van der Waals surface area contributed by atoms with E-state index in [1.54, 1.807) is 0 Å². The third-order valence-corrected chi connectivity index (χ3v) is 4.88. The fourth-order valence-corrected chi connectivity index (χ4v) is 3.13. The van der Waals surface area contributed by atoms with Crippen molar-refractivity contribution < 1.29 is 9.59 Å². The lowest BCUT2D eigenvalue weighted by Gasteiger charge is -2.25. The van der Waals surface area contributed by atoms with Crippen LogP contribution < -0.4 is 10.6 Å². The predicted molar refractivity (Wildman–Crippen MR) is 93.4 cm³/mol. The molecule has 1 aliphatic heterocycles. The first-order chi connectivity index (χ1) is 11.4. The van der Waals surface area contributed by atoms with Crippen molar-refractivity contribution in [3.63, 3.8) is 0 Å². The molecule has 0 aliphatic carbocycles. The van der Waals surface area contributed by atoms with Gasteiger partial charge in [-0.3, -0.25) is 19.5 Å². The third kappa shape index (κ3) is 5.03. The Morgan fingerprint density at radius 3 is 2.62 bits per heavy atom. The van der Waals surface area contributed by atoms with Gasteiger partial charge in [-0.2, -0.15) is 0 Å². The number of pyridine rings is 1. The maximum atomic E-state index is 12.2. The molecule has 1 aromatic heterocycles. The van der Waals surface area contributed by atoms with E-state index in [0.717, 1.165) is 29.7 Å². The van der Waals surface area contributed by atoms with Gasteiger partial charge in [-0.05, 0) is 44.9 Å². The standard InChI is InChI=1S/C18H28N4O2/c1-12-7-15(9-19-13(12)2)10-21-18(24)8-16-5-6-17(22(16)4)11-20-14(3)23/h7,9,16-17H,5-6,8,10-11H2,1-4H3,(H,20,23)(H,21,24)/t16-,17+/m0/s1. The predicted octanol–water partition coefficient (Wildman–Crippen LogP) is 1.30. The Balaban J connectivity index is 1.78. The number of carbonyl (C=O) groups excluding carboxylic acids is 2. The van der Waals surface area contributed by atoms with Crippen molar-refractivity contribution in [3.05, 3.63) is 29.1 Å². The van der Waals surface area contributed by atoms with E-state index in [1.807, 2.05) is 27.1 Å². The molecule has 6 nitrogen and oxygen atoms in total. The van der Waals surface area contributed by atoms with Gasteiger partial charge in [0.2, 0.25) is 11.8 Å². The minimum absolute atomic E-state index is 0.00778. The van der Waals surface area contributed by atoms with Gasteiger partial charge < -0.3 is 10.6 Å². The van der Waals surface area contributed by atoms with Crippen LogP contribution >= 0.6 is 0 Å². The lowest BCUT2D eigenvalue weighted by Crippen LogP contribution is -2.41. The highest BCUT2D eigenvalue weighted by Crippen LogP contribution is 2.24. The van der Waals surface area contributed by atoms with Crippen LogP contribution in [0.2, 0.25) is 0 Å². The fourth-order valence-electron chi connectivity index (χ4n) is 3.13. The second-order valence-corrected chi connectivity index (χ2v) is 6.71. The van der Waals surface area contributed by atoms with Crippen molar-refractivity contribution in [2.45, 2.75) is 58.7 Å². The molecule has 6 heteroatoms. The van der Waals surface area contributed by atoms with E-state index < -0.39 is 0 Å². The zero-order chi connectivity index (χ0) is 17.7. The maximum Gasteiger partial charge on any atom is 0.221 e. The van der Waals surface area contributed by atoms with Gasteiger partial charge in [0, 0.05) is 50.4 Å². The van der Waals surface area contributed by atoms with Crippen molar-refractivity contribution in [1.82, 2.24) is 20.5 Å². The molecule has 1 saturated heterocycles. The van der Waals surface area contributed by atoms with Gasteiger partial charge >= 0.3 is 0 Å². The van der Waals surface area contributed by atoms with Gasteiger partial charge in [-0.1, -0.05) is 6.07 Å². The first-order valence-corrected chi connectivity index (χ1v) is 8.52. The number of hydrogen-bond acceptors (Lipinski definition) is 4. The molecule has 0 spiro atoms. The Morgan fingerprint density at radius 1 is 1.25 bits per heavy atom. The van der Waals surface area contributed by atoms with Crippen LogP contribution in [0.5, 0.6) is 0 Å². The number of nitrogens with zero attached hydrogens (tertiary/aromatic N) is 2. The van der Waals surface area contributed by atoms with Crippen molar-refractivity contribution in [2.75, 3.05) is 13.6 Å². The van der Waals surface area contributed by atoms with Crippen molar-refractivity contribution in [2.24, 2.45) is 0 Å². The quantitative estimate of drug-likeness (QED) is 0.823. The van der Waals surface area contributed by atoms with E-state index in [4.69, 9.17) is 0 Å². The number of likely N-dealkylation sites (tertiary alicyclic amines) is 1. The normalized spacial score (nSPS) is 20.8. The zero-order valence-corrected chi connectivity index (χ0v) is 15.1. The minimum atomic E-state index is -0.00778. The van der Waals surface area contributed by atoms with Crippen molar-refractivity contribution in [1.29, 1.82) is 0 Å². The summed E-state index contributed by atoms with van der Waals surface area (Å²) < 4.78 is 0. The molecule has 0 radical (unpaired) electrons. The van der Waals surface area contributed by atoms with Gasteiger partial charge in [0.05, 0.1) is 0 Å². The number of aromatic nitrogens is 1. The molecule has 24 heavy (non-hydrogen) atoms. The average molecular weight is 332 g/mol. The lowest BCUT2D eigenvalue weighted by atomic mass is 10.1. The Kier molecular flexibility index (Phi) is 6.31. The number of carbonyl (C=O) groups is 2. The van der Waals surface area contributed by atoms with Crippen LogP contribution in [0.1, 0.15) is 43.0 Å². The van der Waals surface area contributed by atoms with Crippen molar-refractivity contribution >= 4 is 11.8 Å². The molecule has 0 unspecified atom stereocenters. The number of amides is 2. The molecule has 0 bridgehead atoms. The molecule has 1 aromatic rings. The van der Waals surface area contributed by atoms with Gasteiger partial charge in [0.1, 0.15) is 0 Å². The lowest BCUT2D eigenvalue weighted by molar-refractivity contribution is -0.122. The average Bonchev–Trinajstić information content (AvgIpc) is 2.87. The van der Waals surface area contributed by atoms with Crippen LogP contribution in [0, 0.1) is 13.8 Å². The van der Waals surface area contributed by atoms with Crippen LogP contribution in [-0.2, 0) is 16.1 Å². The van der Waals surface area contributed by atoms with E-state index in [-0.39, 0.29) is 17.9 Å². The first kappa shape index (κ1) is 18.4. The summed E-state index contributed by atoms with van der Waals surface area (Å²) in [4.78, 5) is 29.8. The Hall–Kier alpha value is -1.95. The van der Waals surface area contributed by atoms with Crippen LogP contribution in [0.15, 0.2) is 12.3 Å². The Labute approximate surface area is 144 Å². The molecule has 0 aromatic carbocycles. The maximum absolute atomic E-state index is 12.2. The molecule has 1 aliphatic rings. The van der Waals surface area contributed by atoms with Crippen LogP contribution in [0.3, 0.4) is 0 Å². The van der Waals surface area contributed by atoms with E-state index in [0.29, 0.717) is 25.6 Å². The van der Waals surface area contributed by atoms with Gasteiger partial charge in [-0.15, -0.1) is 0 Å². The smallest absolute Gasteiger partial charge is 0.221 e. The van der Waals surface area contributed by atoms with Gasteiger partial charge in [0.25, 0.3) is 0 Å². The van der Waals surface area contributed by atoms with Crippen molar-refractivity contribution in [3.8, 4) is 0 Å². The van der Waals surface area contributed by atoms with Crippen LogP contribution in [0.25, 0.3) is 0 Å². The second kappa shape index (κ2) is 8.24. The summed E-state index contributed by atoms with van der Waals surface area (Å²) in [6.07, 6.45) is 4.30. The summed E-state index contributed by atoms with van der Waals surface area (Å²) in [6.45, 7) is 6.69. The zero-order valence-electron chi connectivity index (χ0n) is 15.1. The Morgan fingerprint density at radius 2 is 1.96 bits per heavy atom. The molecular weight excluding hydrogens is 304 g/mol. The number of rotatable bonds is 6. The number of likely N-dealkylation sites (N-methyl/N-ethyl adjacent to an activating group) is 1. The Bertz CT molecular complexity index is 603. The summed E-state index contributed by atoms with van der Waals surface area (Å²) in [5.74, 6) is 0.0526. The molecule has 2 amide bonds.